The summed E-state index contributed by atoms with van der Waals surface area (Å²) >= 11 is 0. The molecule has 2 aliphatic carbocycles. The van der Waals surface area contributed by atoms with Crippen molar-refractivity contribution in [3.63, 3.8) is 0 Å². The zero-order valence-corrected chi connectivity index (χ0v) is 15.1. The van der Waals surface area contributed by atoms with E-state index in [2.05, 4.69) is 10.3 Å². The van der Waals surface area contributed by atoms with E-state index in [1.807, 2.05) is 19.1 Å². The second kappa shape index (κ2) is 7.06. The van der Waals surface area contributed by atoms with Crippen LogP contribution < -0.4 is 5.32 Å². The fraction of sp³-hybridized carbons (Fsp3) is 0.476. The Kier molecular flexibility index (Phi) is 4.62. The van der Waals surface area contributed by atoms with Crippen molar-refractivity contribution in [1.82, 2.24) is 10.3 Å². The summed E-state index contributed by atoms with van der Waals surface area (Å²) in [6.07, 6.45) is 9.71. The van der Waals surface area contributed by atoms with E-state index in [0.717, 1.165) is 61.1 Å². The predicted molar refractivity (Wildman–Crippen MR) is 97.0 cm³/mol. The Morgan fingerprint density at radius 3 is 2.62 bits per heavy atom. The van der Waals surface area contributed by atoms with Gasteiger partial charge in [0.1, 0.15) is 6.10 Å². The van der Waals surface area contributed by atoms with Gasteiger partial charge in [0.05, 0.1) is 5.57 Å². The van der Waals surface area contributed by atoms with E-state index >= 15 is 0 Å². The van der Waals surface area contributed by atoms with E-state index < -0.39 is 0 Å². The molecule has 5 heteroatoms. The minimum absolute atomic E-state index is 0.00155. The normalized spacial score (nSPS) is 23.7. The van der Waals surface area contributed by atoms with Crippen LogP contribution in [-0.2, 0) is 14.3 Å². The van der Waals surface area contributed by atoms with Gasteiger partial charge in [-0.3, -0.25) is 9.78 Å². The lowest BCUT2D eigenvalue weighted by molar-refractivity contribution is -0.144. The van der Waals surface area contributed by atoms with Gasteiger partial charge in [-0.15, -0.1) is 0 Å². The van der Waals surface area contributed by atoms with Gasteiger partial charge in [-0.05, 0) is 63.1 Å². The average molecular weight is 352 g/mol. The molecule has 136 valence electrons. The van der Waals surface area contributed by atoms with Gasteiger partial charge in [0.15, 0.2) is 5.78 Å². The molecule has 1 aliphatic heterocycles. The van der Waals surface area contributed by atoms with Crippen LogP contribution in [0.5, 0.6) is 0 Å². The van der Waals surface area contributed by atoms with Crippen LogP contribution in [-0.4, -0.2) is 22.8 Å². The molecule has 1 N–H and O–H groups in total. The lowest BCUT2D eigenvalue weighted by atomic mass is 9.75. The highest BCUT2D eigenvalue weighted by Crippen LogP contribution is 2.42. The largest absolute Gasteiger partial charge is 0.459 e. The number of esters is 1. The Balaban J connectivity index is 1.75. The number of pyridine rings is 1. The highest BCUT2D eigenvalue weighted by Gasteiger charge is 2.39. The number of nitrogens with one attached hydrogen (secondary N) is 1. The van der Waals surface area contributed by atoms with Crippen molar-refractivity contribution in [2.45, 2.75) is 63.9 Å². The summed E-state index contributed by atoms with van der Waals surface area (Å²) in [6, 6.07) is 3.78. The summed E-state index contributed by atoms with van der Waals surface area (Å²) in [5, 5.41) is 3.33. The smallest absolute Gasteiger partial charge is 0.337 e. The number of allylic oxidation sites excluding steroid dienone is 3. The monoisotopic (exact) mass is 352 g/mol. The third-order valence-electron chi connectivity index (χ3n) is 5.61. The summed E-state index contributed by atoms with van der Waals surface area (Å²) in [5.41, 5.74) is 3.96. The molecule has 5 nitrogen and oxygen atoms in total. The molecule has 1 atom stereocenters. The van der Waals surface area contributed by atoms with E-state index in [1.54, 1.807) is 12.4 Å². The molecule has 0 spiro atoms. The number of ketones is 1. The summed E-state index contributed by atoms with van der Waals surface area (Å²) in [4.78, 5) is 29.9. The lowest BCUT2D eigenvalue weighted by Gasteiger charge is -2.34. The number of carbonyl (C=O) groups is 2. The second-order valence-corrected chi connectivity index (χ2v) is 7.36. The first-order chi connectivity index (χ1) is 12.6. The third kappa shape index (κ3) is 3.06. The van der Waals surface area contributed by atoms with Crippen LogP contribution in [0.2, 0.25) is 0 Å². The van der Waals surface area contributed by atoms with Gasteiger partial charge in [-0.2, -0.15) is 0 Å². The van der Waals surface area contributed by atoms with Crippen molar-refractivity contribution in [3.8, 4) is 0 Å². The Hall–Kier alpha value is -2.43. The first kappa shape index (κ1) is 17.0. The SMILES string of the molecule is CC1=C(C(=O)OC2CCCC2)[C@H](c2ccncc2)C2=C(CCCC2=O)N1. The molecule has 26 heavy (non-hydrogen) atoms. The number of hydrogen-bond donors (Lipinski definition) is 1. The van der Waals surface area contributed by atoms with Gasteiger partial charge in [0.25, 0.3) is 0 Å². The Morgan fingerprint density at radius 1 is 1.15 bits per heavy atom. The van der Waals surface area contributed by atoms with E-state index in [0.29, 0.717) is 12.0 Å². The molecule has 0 unspecified atom stereocenters. The van der Waals surface area contributed by atoms with Crippen LogP contribution in [0.25, 0.3) is 0 Å². The van der Waals surface area contributed by atoms with Crippen molar-refractivity contribution in [3.05, 3.63) is 52.6 Å². The molecule has 0 aromatic carbocycles. The fourth-order valence-corrected chi connectivity index (χ4v) is 4.36. The van der Waals surface area contributed by atoms with Crippen LogP contribution >= 0.6 is 0 Å². The maximum absolute atomic E-state index is 13.1. The van der Waals surface area contributed by atoms with Crippen molar-refractivity contribution in [2.24, 2.45) is 0 Å². The molecule has 1 aromatic heterocycles. The van der Waals surface area contributed by atoms with Crippen LogP contribution in [0.15, 0.2) is 47.1 Å². The zero-order chi connectivity index (χ0) is 18.1. The Bertz CT molecular complexity index is 789. The molecule has 0 radical (unpaired) electrons. The highest BCUT2D eigenvalue weighted by atomic mass is 16.5. The van der Waals surface area contributed by atoms with Crippen LogP contribution in [0.1, 0.15) is 63.4 Å². The first-order valence-corrected chi connectivity index (χ1v) is 9.50. The van der Waals surface area contributed by atoms with Crippen molar-refractivity contribution in [1.29, 1.82) is 0 Å². The number of Topliss-reactive ketones (excluding diaryl/α,β-unsaturated/α-hetero) is 1. The minimum atomic E-state index is -0.365. The quantitative estimate of drug-likeness (QED) is 0.843. The zero-order valence-electron chi connectivity index (χ0n) is 15.1. The molecule has 1 aromatic rings. The summed E-state index contributed by atoms with van der Waals surface area (Å²) in [7, 11) is 0. The molecule has 2 heterocycles. The van der Waals surface area contributed by atoms with Gasteiger partial charge < -0.3 is 10.1 Å². The fourth-order valence-electron chi connectivity index (χ4n) is 4.36. The Labute approximate surface area is 153 Å². The summed E-state index contributed by atoms with van der Waals surface area (Å²) < 4.78 is 5.80. The summed E-state index contributed by atoms with van der Waals surface area (Å²) in [6.45, 7) is 1.91. The van der Waals surface area contributed by atoms with E-state index in [9.17, 15) is 9.59 Å². The van der Waals surface area contributed by atoms with Gasteiger partial charge in [0.2, 0.25) is 0 Å². The molecule has 3 aliphatic rings. The van der Waals surface area contributed by atoms with Crippen LogP contribution in [0.4, 0.5) is 0 Å². The van der Waals surface area contributed by atoms with Crippen LogP contribution in [0, 0.1) is 0 Å². The molecule has 1 saturated carbocycles. The number of ether oxygens (including phenoxy) is 1. The Morgan fingerprint density at radius 2 is 1.88 bits per heavy atom. The standard InChI is InChI=1S/C21H24N2O3/c1-13-18(21(25)26-15-5-2-3-6-15)19(14-9-11-22-12-10-14)20-16(23-13)7-4-8-17(20)24/h9-12,15,19,23H,2-8H2,1H3/t19-/m0/s1. The first-order valence-electron chi connectivity index (χ1n) is 9.50. The number of nitrogens with zero attached hydrogens (tertiary/aromatic N) is 1. The number of aromatic nitrogens is 1. The second-order valence-electron chi connectivity index (χ2n) is 7.36. The number of carbonyl (C=O) groups excluding carboxylic acids is 2. The molecule has 4 rings (SSSR count). The van der Waals surface area contributed by atoms with Crippen molar-refractivity contribution < 1.29 is 14.3 Å². The topological polar surface area (TPSA) is 68.3 Å². The average Bonchev–Trinajstić information content (AvgIpc) is 3.14. The van der Waals surface area contributed by atoms with E-state index in [1.165, 1.54) is 0 Å². The predicted octanol–water partition coefficient (Wildman–Crippen LogP) is 3.54. The molecule has 0 amide bonds. The van der Waals surface area contributed by atoms with Gasteiger partial charge in [-0.1, -0.05) is 0 Å². The van der Waals surface area contributed by atoms with Crippen molar-refractivity contribution >= 4 is 11.8 Å². The van der Waals surface area contributed by atoms with Gasteiger partial charge in [-0.25, -0.2) is 4.79 Å². The summed E-state index contributed by atoms with van der Waals surface area (Å²) in [5.74, 6) is -0.538. The molecule has 0 saturated heterocycles. The van der Waals surface area contributed by atoms with E-state index in [-0.39, 0.29) is 23.8 Å². The highest BCUT2D eigenvalue weighted by molar-refractivity contribution is 6.03. The van der Waals surface area contributed by atoms with Crippen molar-refractivity contribution in [2.75, 3.05) is 0 Å². The molecule has 1 fully saturated rings. The number of hydrogen-bond acceptors (Lipinski definition) is 5. The molecular formula is C21H24N2O3. The lowest BCUT2D eigenvalue weighted by Crippen LogP contribution is -2.35. The maximum Gasteiger partial charge on any atom is 0.337 e. The molecular weight excluding hydrogens is 328 g/mol. The number of rotatable bonds is 3. The minimum Gasteiger partial charge on any atom is -0.459 e. The van der Waals surface area contributed by atoms with Crippen LogP contribution in [0.3, 0.4) is 0 Å². The number of dihydropyridines is 1. The van der Waals surface area contributed by atoms with Gasteiger partial charge in [0, 0.05) is 41.7 Å². The third-order valence-corrected chi connectivity index (χ3v) is 5.61. The molecule has 0 bridgehead atoms. The maximum atomic E-state index is 13.1. The van der Waals surface area contributed by atoms with E-state index in [4.69, 9.17) is 4.74 Å². The van der Waals surface area contributed by atoms with Gasteiger partial charge >= 0.3 is 5.97 Å².